The molecule has 0 aliphatic rings. The third kappa shape index (κ3) is 6.29. The van der Waals surface area contributed by atoms with E-state index < -0.39 is 5.60 Å². The predicted octanol–water partition coefficient (Wildman–Crippen LogP) is 2.95. The molecule has 9 heteroatoms. The Morgan fingerprint density at radius 1 is 1.28 bits per heavy atom. The molecule has 4 N–H and O–H groups in total. The number of aliphatic hydroxyl groups is 1. The van der Waals surface area contributed by atoms with Gasteiger partial charge in [0.2, 0.25) is 0 Å². The number of aliphatic imine (C=N–C) groups is 1. The van der Waals surface area contributed by atoms with Gasteiger partial charge in [-0.2, -0.15) is 5.10 Å². The van der Waals surface area contributed by atoms with Crippen molar-refractivity contribution in [2.24, 2.45) is 4.99 Å². The van der Waals surface area contributed by atoms with E-state index >= 15 is 0 Å². The standard InChI is InChI=1S/C20H26N6O2.HI/c1-4-21-19(23-12-20(3,27)17-9-8-14(2)28-17)22-11-15-6-5-7-16(10-15)18-24-13-25-26-18;/h5-10,13,27H,4,11-12H2,1-3H3,(H2,21,22,23)(H,24,25,26);1H. The van der Waals surface area contributed by atoms with Crippen molar-refractivity contribution < 1.29 is 9.52 Å². The summed E-state index contributed by atoms with van der Waals surface area (Å²) in [6.07, 6.45) is 1.49. The van der Waals surface area contributed by atoms with Gasteiger partial charge in [0.15, 0.2) is 11.8 Å². The van der Waals surface area contributed by atoms with Crippen LogP contribution in [0.25, 0.3) is 11.4 Å². The molecule has 0 saturated heterocycles. The van der Waals surface area contributed by atoms with Gasteiger partial charge in [0.25, 0.3) is 0 Å². The second-order valence-corrected chi connectivity index (χ2v) is 6.77. The average Bonchev–Trinajstić information content (AvgIpc) is 3.36. The first kappa shape index (κ1) is 22.9. The number of aromatic nitrogens is 3. The van der Waals surface area contributed by atoms with Crippen molar-refractivity contribution in [3.8, 4) is 11.4 Å². The number of benzene rings is 1. The molecule has 1 atom stereocenters. The highest BCUT2D eigenvalue weighted by atomic mass is 127. The molecule has 0 spiro atoms. The van der Waals surface area contributed by atoms with E-state index in [-0.39, 0.29) is 30.5 Å². The van der Waals surface area contributed by atoms with Crippen LogP contribution in [0.15, 0.2) is 52.1 Å². The quantitative estimate of drug-likeness (QED) is 0.221. The highest BCUT2D eigenvalue weighted by Gasteiger charge is 2.27. The van der Waals surface area contributed by atoms with Gasteiger partial charge in [-0.3, -0.25) is 5.10 Å². The van der Waals surface area contributed by atoms with Crippen molar-refractivity contribution in [2.75, 3.05) is 13.1 Å². The lowest BCUT2D eigenvalue weighted by Crippen LogP contribution is -2.44. The van der Waals surface area contributed by atoms with Crippen LogP contribution in [-0.4, -0.2) is 39.3 Å². The highest BCUT2D eigenvalue weighted by Crippen LogP contribution is 2.22. The number of aromatic amines is 1. The Bertz CT molecular complexity index is 921. The number of furan rings is 1. The normalized spacial score (nSPS) is 13.4. The number of hydrogen-bond donors (Lipinski definition) is 4. The molecule has 1 aromatic carbocycles. The molecule has 2 heterocycles. The number of guanidine groups is 1. The van der Waals surface area contributed by atoms with Gasteiger partial charge < -0.3 is 20.2 Å². The molecule has 0 saturated carbocycles. The van der Waals surface area contributed by atoms with E-state index in [1.807, 2.05) is 44.2 Å². The maximum atomic E-state index is 10.7. The molecule has 3 rings (SSSR count). The molecule has 0 bridgehead atoms. The summed E-state index contributed by atoms with van der Waals surface area (Å²) in [4.78, 5) is 8.79. The van der Waals surface area contributed by atoms with Gasteiger partial charge in [-0.15, -0.1) is 24.0 Å². The van der Waals surface area contributed by atoms with E-state index in [4.69, 9.17) is 4.42 Å². The molecule has 3 aromatic rings. The lowest BCUT2D eigenvalue weighted by Gasteiger charge is -2.22. The van der Waals surface area contributed by atoms with Gasteiger partial charge in [-0.1, -0.05) is 18.2 Å². The first-order valence-electron chi connectivity index (χ1n) is 9.24. The van der Waals surface area contributed by atoms with Gasteiger partial charge in [-0.05, 0) is 44.5 Å². The van der Waals surface area contributed by atoms with E-state index in [1.54, 1.807) is 13.0 Å². The summed E-state index contributed by atoms with van der Waals surface area (Å²) in [6, 6.07) is 11.6. The van der Waals surface area contributed by atoms with Crippen LogP contribution in [0.2, 0.25) is 0 Å². The number of nitrogens with zero attached hydrogens (tertiary/aromatic N) is 3. The minimum absolute atomic E-state index is 0. The molecular formula is C20H27IN6O2. The second kappa shape index (κ2) is 10.4. The number of halogens is 1. The molecule has 0 fully saturated rings. The number of H-pyrrole nitrogens is 1. The Morgan fingerprint density at radius 3 is 2.76 bits per heavy atom. The molecular weight excluding hydrogens is 483 g/mol. The molecule has 0 aliphatic heterocycles. The summed E-state index contributed by atoms with van der Waals surface area (Å²) < 4.78 is 5.55. The van der Waals surface area contributed by atoms with Gasteiger partial charge >= 0.3 is 0 Å². The van der Waals surface area contributed by atoms with Crippen LogP contribution in [0.3, 0.4) is 0 Å². The first-order chi connectivity index (χ1) is 13.5. The second-order valence-electron chi connectivity index (χ2n) is 6.77. The zero-order valence-electron chi connectivity index (χ0n) is 16.8. The van der Waals surface area contributed by atoms with Gasteiger partial charge in [0.1, 0.15) is 23.4 Å². The summed E-state index contributed by atoms with van der Waals surface area (Å²) in [7, 11) is 0. The molecule has 8 nitrogen and oxygen atoms in total. The smallest absolute Gasteiger partial charge is 0.191 e. The fraction of sp³-hybridized carbons (Fsp3) is 0.350. The maximum absolute atomic E-state index is 10.7. The van der Waals surface area contributed by atoms with Crippen LogP contribution < -0.4 is 10.6 Å². The number of aryl methyl sites for hydroxylation is 1. The Balaban J connectivity index is 0.00000300. The monoisotopic (exact) mass is 510 g/mol. The molecule has 2 aromatic heterocycles. The van der Waals surface area contributed by atoms with Crippen molar-refractivity contribution in [3.63, 3.8) is 0 Å². The van der Waals surface area contributed by atoms with E-state index in [0.717, 1.165) is 22.7 Å². The van der Waals surface area contributed by atoms with Crippen LogP contribution in [0.1, 0.15) is 30.9 Å². The molecule has 156 valence electrons. The number of rotatable bonds is 7. The van der Waals surface area contributed by atoms with Crippen molar-refractivity contribution >= 4 is 29.9 Å². The van der Waals surface area contributed by atoms with E-state index in [2.05, 4.69) is 30.8 Å². The Kier molecular flexibility index (Phi) is 8.21. The van der Waals surface area contributed by atoms with Crippen molar-refractivity contribution in [1.29, 1.82) is 0 Å². The molecule has 0 aliphatic carbocycles. The Hall–Kier alpha value is -2.40. The molecule has 29 heavy (non-hydrogen) atoms. The Morgan fingerprint density at radius 2 is 2.10 bits per heavy atom. The SMILES string of the molecule is CCNC(=NCc1cccc(-c2ncn[nH]2)c1)NCC(C)(O)c1ccc(C)o1.I. The van der Waals surface area contributed by atoms with E-state index in [0.29, 0.717) is 24.8 Å². The van der Waals surface area contributed by atoms with Crippen LogP contribution >= 0.6 is 24.0 Å². The zero-order valence-corrected chi connectivity index (χ0v) is 19.1. The fourth-order valence-electron chi connectivity index (χ4n) is 2.74. The van der Waals surface area contributed by atoms with Crippen LogP contribution in [0.4, 0.5) is 0 Å². The van der Waals surface area contributed by atoms with Gasteiger partial charge in [0, 0.05) is 12.1 Å². The number of hydrogen-bond acceptors (Lipinski definition) is 5. The lowest BCUT2D eigenvalue weighted by atomic mass is 10.0. The third-order valence-corrected chi connectivity index (χ3v) is 4.25. The van der Waals surface area contributed by atoms with E-state index in [9.17, 15) is 5.11 Å². The highest BCUT2D eigenvalue weighted by molar-refractivity contribution is 14.0. The van der Waals surface area contributed by atoms with Gasteiger partial charge in [-0.25, -0.2) is 9.98 Å². The van der Waals surface area contributed by atoms with E-state index in [1.165, 1.54) is 6.33 Å². The summed E-state index contributed by atoms with van der Waals surface area (Å²) >= 11 is 0. The van der Waals surface area contributed by atoms with Gasteiger partial charge in [0.05, 0.1) is 13.1 Å². The molecule has 0 radical (unpaired) electrons. The summed E-state index contributed by atoms with van der Waals surface area (Å²) in [5.74, 6) is 2.63. The summed E-state index contributed by atoms with van der Waals surface area (Å²) in [6.45, 7) is 7.03. The zero-order chi connectivity index (χ0) is 20.0. The number of nitrogens with one attached hydrogen (secondary N) is 3. The topological polar surface area (TPSA) is 111 Å². The van der Waals surface area contributed by atoms with Crippen LogP contribution in [0, 0.1) is 6.92 Å². The lowest BCUT2D eigenvalue weighted by molar-refractivity contribution is 0.0378. The van der Waals surface area contributed by atoms with Crippen LogP contribution in [0.5, 0.6) is 0 Å². The molecule has 1 unspecified atom stereocenters. The van der Waals surface area contributed by atoms with Crippen molar-refractivity contribution in [1.82, 2.24) is 25.8 Å². The van der Waals surface area contributed by atoms with Crippen molar-refractivity contribution in [3.05, 3.63) is 59.8 Å². The van der Waals surface area contributed by atoms with Crippen molar-refractivity contribution in [2.45, 2.75) is 32.9 Å². The first-order valence-corrected chi connectivity index (χ1v) is 9.24. The summed E-state index contributed by atoms with van der Waals surface area (Å²) in [5, 5.41) is 23.8. The summed E-state index contributed by atoms with van der Waals surface area (Å²) in [5.41, 5.74) is 0.857. The third-order valence-electron chi connectivity index (χ3n) is 4.25. The minimum atomic E-state index is -1.14. The fourth-order valence-corrected chi connectivity index (χ4v) is 2.74. The maximum Gasteiger partial charge on any atom is 0.191 e. The largest absolute Gasteiger partial charge is 0.463 e. The van der Waals surface area contributed by atoms with Crippen LogP contribution in [-0.2, 0) is 12.1 Å². The average molecular weight is 510 g/mol. The Labute approximate surface area is 187 Å². The predicted molar refractivity (Wildman–Crippen MR) is 123 cm³/mol. The minimum Gasteiger partial charge on any atom is -0.463 e. The molecule has 0 amide bonds.